The highest BCUT2D eigenvalue weighted by atomic mass is 16.1. The van der Waals surface area contributed by atoms with E-state index in [0.29, 0.717) is 0 Å². The van der Waals surface area contributed by atoms with Crippen LogP contribution >= 0.6 is 0 Å². The summed E-state index contributed by atoms with van der Waals surface area (Å²) < 4.78 is 2.28. The van der Waals surface area contributed by atoms with Crippen molar-refractivity contribution in [1.29, 1.82) is 0 Å². The fourth-order valence-corrected chi connectivity index (χ4v) is 2.98. The first-order valence-corrected chi connectivity index (χ1v) is 7.35. The number of aromatic nitrogens is 1. The molecule has 3 rings (SSSR count). The second-order valence-corrected chi connectivity index (χ2v) is 5.27. The molecule has 0 saturated heterocycles. The van der Waals surface area contributed by atoms with E-state index >= 15 is 0 Å². The maximum Gasteiger partial charge on any atom is 0.251 e. The lowest BCUT2D eigenvalue weighted by atomic mass is 10.1. The Morgan fingerprint density at radius 2 is 2.10 bits per heavy atom. The van der Waals surface area contributed by atoms with Gasteiger partial charge in [0.2, 0.25) is 0 Å². The quantitative estimate of drug-likeness (QED) is 0.926. The van der Waals surface area contributed by atoms with Crippen molar-refractivity contribution < 1.29 is 4.79 Å². The van der Waals surface area contributed by atoms with Crippen molar-refractivity contribution in [1.82, 2.24) is 14.8 Å². The average molecular weight is 271 g/mol. The van der Waals surface area contributed by atoms with Crippen molar-refractivity contribution in [2.24, 2.45) is 0 Å². The molecule has 1 amide bonds. The van der Waals surface area contributed by atoms with E-state index < -0.39 is 0 Å². The normalized spacial score (nSPS) is 14.7. The van der Waals surface area contributed by atoms with Gasteiger partial charge in [0.05, 0.1) is 12.2 Å². The van der Waals surface area contributed by atoms with E-state index in [1.165, 1.54) is 11.1 Å². The van der Waals surface area contributed by atoms with E-state index in [0.717, 1.165) is 43.7 Å². The molecule has 1 aliphatic rings. The van der Waals surface area contributed by atoms with Gasteiger partial charge in [0.25, 0.3) is 5.91 Å². The highest BCUT2D eigenvalue weighted by Gasteiger charge is 2.20. The van der Waals surface area contributed by atoms with Gasteiger partial charge in [-0.3, -0.25) is 9.69 Å². The number of nitrogens with zero attached hydrogens (tertiary/aromatic N) is 2. The summed E-state index contributed by atoms with van der Waals surface area (Å²) in [6.07, 6.45) is 3.12. The van der Waals surface area contributed by atoms with Crippen LogP contribution in [0.1, 0.15) is 29.8 Å². The summed E-state index contributed by atoms with van der Waals surface area (Å²) in [6.45, 7) is 8.03. The Labute approximate surface area is 119 Å². The van der Waals surface area contributed by atoms with Crippen LogP contribution in [-0.4, -0.2) is 35.0 Å². The lowest BCUT2D eigenvalue weighted by molar-refractivity contribution is 0.0957. The minimum Gasteiger partial charge on any atom is -0.352 e. The molecule has 1 aromatic carbocycles. The summed E-state index contributed by atoms with van der Waals surface area (Å²) in [4.78, 5) is 14.5. The van der Waals surface area contributed by atoms with Crippen molar-refractivity contribution in [2.75, 3.05) is 19.6 Å². The molecule has 0 atom stereocenters. The highest BCUT2D eigenvalue weighted by Crippen LogP contribution is 2.27. The summed E-state index contributed by atoms with van der Waals surface area (Å²) >= 11 is 0. The van der Waals surface area contributed by atoms with Crippen molar-refractivity contribution in [3.05, 3.63) is 35.5 Å². The lowest BCUT2D eigenvalue weighted by Gasteiger charge is -2.19. The van der Waals surface area contributed by atoms with E-state index in [1.807, 2.05) is 12.1 Å². The zero-order valence-corrected chi connectivity index (χ0v) is 12.1. The Bertz CT molecular complexity index is 640. The molecule has 1 N–H and O–H groups in total. The monoisotopic (exact) mass is 271 g/mol. The molecular formula is C16H21N3O. The third-order valence-electron chi connectivity index (χ3n) is 4.16. The molecule has 0 bridgehead atoms. The largest absolute Gasteiger partial charge is 0.352 e. The summed E-state index contributed by atoms with van der Waals surface area (Å²) in [7, 11) is 0. The third kappa shape index (κ3) is 2.10. The fourth-order valence-electron chi connectivity index (χ4n) is 2.98. The number of carbonyl (C=O) groups is 1. The molecule has 0 fully saturated rings. The SMILES string of the molecule is CCN(CC)Cn1cc2c3c(cccc31)C(=O)NCC2. The van der Waals surface area contributed by atoms with Crippen LogP contribution in [0.25, 0.3) is 10.9 Å². The summed E-state index contributed by atoms with van der Waals surface area (Å²) in [5, 5.41) is 4.10. The van der Waals surface area contributed by atoms with Gasteiger partial charge in [0.15, 0.2) is 0 Å². The molecule has 2 heterocycles. The average Bonchev–Trinajstić information content (AvgIpc) is 2.73. The van der Waals surface area contributed by atoms with Gasteiger partial charge in [-0.05, 0) is 37.2 Å². The molecule has 20 heavy (non-hydrogen) atoms. The van der Waals surface area contributed by atoms with Gasteiger partial charge in [-0.2, -0.15) is 0 Å². The fraction of sp³-hybridized carbons (Fsp3) is 0.438. The van der Waals surface area contributed by atoms with Gasteiger partial charge in [0.1, 0.15) is 0 Å². The molecule has 4 nitrogen and oxygen atoms in total. The second kappa shape index (κ2) is 5.29. The van der Waals surface area contributed by atoms with E-state index in [2.05, 4.69) is 40.9 Å². The van der Waals surface area contributed by atoms with Gasteiger partial charge in [0, 0.05) is 23.7 Å². The lowest BCUT2D eigenvalue weighted by Crippen LogP contribution is -2.26. The van der Waals surface area contributed by atoms with Gasteiger partial charge < -0.3 is 9.88 Å². The zero-order chi connectivity index (χ0) is 14.1. The zero-order valence-electron chi connectivity index (χ0n) is 12.1. The van der Waals surface area contributed by atoms with E-state index in [-0.39, 0.29) is 5.91 Å². The van der Waals surface area contributed by atoms with Crippen LogP contribution in [-0.2, 0) is 13.1 Å². The maximum absolute atomic E-state index is 12.1. The van der Waals surface area contributed by atoms with Crippen molar-refractivity contribution in [3.8, 4) is 0 Å². The highest BCUT2D eigenvalue weighted by molar-refractivity contribution is 6.08. The van der Waals surface area contributed by atoms with Crippen molar-refractivity contribution in [2.45, 2.75) is 26.9 Å². The molecule has 0 radical (unpaired) electrons. The molecule has 2 aromatic rings. The number of nitrogens with one attached hydrogen (secondary N) is 1. The van der Waals surface area contributed by atoms with Gasteiger partial charge in [-0.15, -0.1) is 0 Å². The predicted octanol–water partition coefficient (Wildman–Crippen LogP) is 2.23. The van der Waals surface area contributed by atoms with Crippen LogP contribution in [0.5, 0.6) is 0 Å². The molecule has 0 spiro atoms. The minimum atomic E-state index is 0.0509. The van der Waals surface area contributed by atoms with Crippen LogP contribution < -0.4 is 5.32 Å². The molecule has 0 aliphatic carbocycles. The Morgan fingerprint density at radius 1 is 1.30 bits per heavy atom. The number of hydrogen-bond donors (Lipinski definition) is 1. The smallest absolute Gasteiger partial charge is 0.251 e. The van der Waals surface area contributed by atoms with Crippen molar-refractivity contribution in [3.63, 3.8) is 0 Å². The Balaban J connectivity index is 2.12. The number of rotatable bonds is 4. The number of carbonyl (C=O) groups excluding carboxylic acids is 1. The minimum absolute atomic E-state index is 0.0509. The van der Waals surface area contributed by atoms with Crippen molar-refractivity contribution >= 4 is 16.8 Å². The van der Waals surface area contributed by atoms with Crippen LogP contribution in [0, 0.1) is 0 Å². The summed E-state index contributed by atoms with van der Waals surface area (Å²) in [5.41, 5.74) is 3.26. The molecule has 4 heteroatoms. The first kappa shape index (κ1) is 13.2. The molecular weight excluding hydrogens is 250 g/mol. The summed E-state index contributed by atoms with van der Waals surface area (Å²) in [6, 6.07) is 6.02. The van der Waals surface area contributed by atoms with E-state index in [4.69, 9.17) is 0 Å². The predicted molar refractivity (Wildman–Crippen MR) is 80.9 cm³/mol. The molecule has 1 aromatic heterocycles. The van der Waals surface area contributed by atoms with Gasteiger partial charge in [-0.25, -0.2) is 0 Å². The van der Waals surface area contributed by atoms with Crippen LogP contribution in [0.15, 0.2) is 24.4 Å². The van der Waals surface area contributed by atoms with Gasteiger partial charge >= 0.3 is 0 Å². The standard InChI is InChI=1S/C16H21N3O/c1-3-18(4-2)11-19-10-12-8-9-17-16(20)13-6-5-7-14(19)15(12)13/h5-7,10H,3-4,8-9,11H2,1-2H3,(H,17,20). The first-order valence-electron chi connectivity index (χ1n) is 7.35. The molecule has 0 saturated carbocycles. The number of amides is 1. The Morgan fingerprint density at radius 3 is 2.85 bits per heavy atom. The third-order valence-corrected chi connectivity index (χ3v) is 4.16. The first-order chi connectivity index (χ1) is 9.74. The van der Waals surface area contributed by atoms with Crippen LogP contribution in [0.4, 0.5) is 0 Å². The second-order valence-electron chi connectivity index (χ2n) is 5.27. The Kier molecular flexibility index (Phi) is 3.49. The summed E-state index contributed by atoms with van der Waals surface area (Å²) in [5.74, 6) is 0.0509. The number of benzene rings is 1. The number of hydrogen-bond acceptors (Lipinski definition) is 2. The molecule has 106 valence electrons. The Hall–Kier alpha value is -1.81. The van der Waals surface area contributed by atoms with E-state index in [9.17, 15) is 4.79 Å². The van der Waals surface area contributed by atoms with Crippen LogP contribution in [0.3, 0.4) is 0 Å². The van der Waals surface area contributed by atoms with Crippen LogP contribution in [0.2, 0.25) is 0 Å². The van der Waals surface area contributed by atoms with Gasteiger partial charge in [-0.1, -0.05) is 19.9 Å². The van der Waals surface area contributed by atoms with E-state index in [1.54, 1.807) is 0 Å². The molecule has 1 aliphatic heterocycles. The topological polar surface area (TPSA) is 37.3 Å². The molecule has 0 unspecified atom stereocenters. The maximum atomic E-state index is 12.1.